The van der Waals surface area contributed by atoms with Gasteiger partial charge in [-0.1, -0.05) is 0 Å². The number of aryl methyl sites for hydroxylation is 2. The number of carbonyl (C=O) groups is 2. The van der Waals surface area contributed by atoms with Crippen molar-refractivity contribution >= 4 is 23.2 Å². The molecule has 0 aliphatic carbocycles. The first-order valence-electron chi connectivity index (χ1n) is 11.9. The Morgan fingerprint density at radius 2 is 1.70 bits per heavy atom. The van der Waals surface area contributed by atoms with E-state index in [1.807, 2.05) is 49.1 Å². The molecule has 2 fully saturated rings. The van der Waals surface area contributed by atoms with Gasteiger partial charge in [0, 0.05) is 61.8 Å². The van der Waals surface area contributed by atoms with Gasteiger partial charge in [-0.2, -0.15) is 0 Å². The number of benzene rings is 1. The van der Waals surface area contributed by atoms with E-state index in [2.05, 4.69) is 25.5 Å². The lowest BCUT2D eigenvalue weighted by Gasteiger charge is -2.21. The lowest BCUT2D eigenvalue weighted by Crippen LogP contribution is -2.35. The third-order valence-electron chi connectivity index (χ3n) is 6.33. The van der Waals surface area contributed by atoms with Gasteiger partial charge in [0.15, 0.2) is 0 Å². The van der Waals surface area contributed by atoms with Gasteiger partial charge < -0.3 is 20.4 Å². The summed E-state index contributed by atoms with van der Waals surface area (Å²) in [5, 5.41) is 6.34. The number of amides is 2. The average molecular weight is 451 g/mol. The van der Waals surface area contributed by atoms with Crippen LogP contribution in [0.1, 0.15) is 36.5 Å². The number of hydrogen-bond acceptors (Lipinski definition) is 6. The molecule has 8 heteroatoms. The van der Waals surface area contributed by atoms with Gasteiger partial charge in [0.25, 0.3) is 0 Å². The van der Waals surface area contributed by atoms with Crippen LogP contribution in [0.25, 0.3) is 0 Å². The third kappa shape index (κ3) is 6.51. The van der Waals surface area contributed by atoms with Crippen molar-refractivity contribution in [2.24, 2.45) is 5.92 Å². The molecule has 33 heavy (non-hydrogen) atoms. The number of hydrogen-bond donors (Lipinski definition) is 2. The second-order valence-electron chi connectivity index (χ2n) is 9.10. The van der Waals surface area contributed by atoms with E-state index in [0.29, 0.717) is 13.0 Å². The van der Waals surface area contributed by atoms with Crippen molar-refractivity contribution in [2.45, 2.75) is 39.5 Å². The highest BCUT2D eigenvalue weighted by atomic mass is 16.2. The zero-order valence-corrected chi connectivity index (χ0v) is 19.6. The van der Waals surface area contributed by atoms with Crippen molar-refractivity contribution < 1.29 is 9.59 Å². The molecule has 0 saturated carbocycles. The van der Waals surface area contributed by atoms with Gasteiger partial charge >= 0.3 is 0 Å². The molecular weight excluding hydrogens is 416 g/mol. The molecule has 0 bridgehead atoms. The highest BCUT2D eigenvalue weighted by Gasteiger charge is 2.34. The molecule has 176 valence electrons. The maximum atomic E-state index is 12.7. The van der Waals surface area contributed by atoms with Crippen LogP contribution in [-0.2, 0) is 16.0 Å². The van der Waals surface area contributed by atoms with Crippen molar-refractivity contribution in [3.63, 3.8) is 0 Å². The molecule has 1 aromatic heterocycles. The van der Waals surface area contributed by atoms with E-state index in [-0.39, 0.29) is 17.7 Å². The van der Waals surface area contributed by atoms with Crippen LogP contribution in [0.3, 0.4) is 0 Å². The van der Waals surface area contributed by atoms with E-state index in [0.717, 1.165) is 67.7 Å². The zero-order valence-electron chi connectivity index (χ0n) is 19.6. The Kier molecular flexibility index (Phi) is 7.54. The van der Waals surface area contributed by atoms with Crippen LogP contribution in [0.2, 0.25) is 0 Å². The summed E-state index contributed by atoms with van der Waals surface area (Å²) in [5.74, 6) is 0.553. The van der Waals surface area contributed by atoms with E-state index in [1.165, 1.54) is 12.8 Å². The first-order chi connectivity index (χ1) is 16.0. The zero-order chi connectivity index (χ0) is 23.2. The SMILES string of the molecule is Cc1cc(C)nc(CCNc2ccc(NC(=O)C3CC(=O)N(CCN4CCCC4)C3)cc2)n1. The van der Waals surface area contributed by atoms with Crippen molar-refractivity contribution in [1.29, 1.82) is 0 Å². The van der Waals surface area contributed by atoms with Crippen molar-refractivity contribution in [1.82, 2.24) is 19.8 Å². The van der Waals surface area contributed by atoms with Crippen LogP contribution in [0.5, 0.6) is 0 Å². The van der Waals surface area contributed by atoms with E-state index < -0.39 is 0 Å². The van der Waals surface area contributed by atoms with Crippen molar-refractivity contribution in [3.8, 4) is 0 Å². The molecule has 8 nitrogen and oxygen atoms in total. The Labute approximate surface area is 195 Å². The number of nitrogens with one attached hydrogen (secondary N) is 2. The number of anilines is 2. The summed E-state index contributed by atoms with van der Waals surface area (Å²) in [5.41, 5.74) is 3.68. The topological polar surface area (TPSA) is 90.5 Å². The molecular formula is C25H34N6O2. The molecule has 2 aromatic rings. The standard InChI is InChI=1S/C25H34N6O2/c1-18-15-19(2)28-23(27-18)9-10-26-21-5-7-22(8-6-21)29-25(33)20-16-24(32)31(17-20)14-13-30-11-3-4-12-30/h5-8,15,20,26H,3-4,9-14,16-17H2,1-2H3,(H,29,33). The molecule has 1 aromatic carbocycles. The maximum Gasteiger partial charge on any atom is 0.229 e. The summed E-state index contributed by atoms with van der Waals surface area (Å²) in [4.78, 5) is 38.2. The number of carbonyl (C=O) groups excluding carboxylic acids is 2. The van der Waals surface area contributed by atoms with Crippen molar-refractivity contribution in [2.75, 3.05) is 49.9 Å². The molecule has 0 spiro atoms. The van der Waals surface area contributed by atoms with Crippen molar-refractivity contribution in [3.05, 3.63) is 47.5 Å². The molecule has 2 amide bonds. The minimum Gasteiger partial charge on any atom is -0.385 e. The summed E-state index contributed by atoms with van der Waals surface area (Å²) in [6.45, 7) is 9.07. The summed E-state index contributed by atoms with van der Waals surface area (Å²) >= 11 is 0. The Morgan fingerprint density at radius 1 is 1.03 bits per heavy atom. The predicted octanol–water partition coefficient (Wildman–Crippen LogP) is 2.63. The minimum atomic E-state index is -0.285. The van der Waals surface area contributed by atoms with Gasteiger partial charge in [0.1, 0.15) is 5.82 Å². The fraction of sp³-hybridized carbons (Fsp3) is 0.520. The molecule has 1 unspecified atom stereocenters. The quantitative estimate of drug-likeness (QED) is 0.610. The molecule has 4 rings (SSSR count). The lowest BCUT2D eigenvalue weighted by atomic mass is 10.1. The van der Waals surface area contributed by atoms with E-state index in [1.54, 1.807) is 0 Å². The van der Waals surface area contributed by atoms with Crippen LogP contribution in [0.4, 0.5) is 11.4 Å². The third-order valence-corrected chi connectivity index (χ3v) is 6.33. The van der Waals surface area contributed by atoms with Crippen LogP contribution in [0, 0.1) is 19.8 Å². The number of rotatable bonds is 9. The largest absolute Gasteiger partial charge is 0.385 e. The second kappa shape index (κ2) is 10.7. The Hall–Kier alpha value is -3.00. The van der Waals surface area contributed by atoms with Crippen LogP contribution in [0.15, 0.2) is 30.3 Å². The van der Waals surface area contributed by atoms with Gasteiger partial charge in [0.05, 0.1) is 5.92 Å². The molecule has 2 N–H and O–H groups in total. The minimum absolute atomic E-state index is 0.0836. The molecule has 0 radical (unpaired) electrons. The van der Waals surface area contributed by atoms with Gasteiger partial charge in [-0.25, -0.2) is 9.97 Å². The molecule has 1 atom stereocenters. The first-order valence-corrected chi connectivity index (χ1v) is 11.9. The monoisotopic (exact) mass is 450 g/mol. The average Bonchev–Trinajstić information content (AvgIpc) is 3.42. The smallest absolute Gasteiger partial charge is 0.229 e. The van der Waals surface area contributed by atoms with Gasteiger partial charge in [-0.05, 0) is 70.1 Å². The van der Waals surface area contributed by atoms with Crippen LogP contribution >= 0.6 is 0 Å². The Bertz CT molecular complexity index is 951. The van der Waals surface area contributed by atoms with E-state index in [4.69, 9.17) is 0 Å². The summed E-state index contributed by atoms with van der Waals surface area (Å²) in [7, 11) is 0. The Morgan fingerprint density at radius 3 is 2.39 bits per heavy atom. The maximum absolute atomic E-state index is 12.7. The van der Waals surface area contributed by atoms with Crippen LogP contribution < -0.4 is 10.6 Å². The van der Waals surface area contributed by atoms with E-state index in [9.17, 15) is 9.59 Å². The fourth-order valence-corrected chi connectivity index (χ4v) is 4.58. The van der Waals surface area contributed by atoms with Gasteiger partial charge in [0.2, 0.25) is 11.8 Å². The number of aromatic nitrogens is 2. The highest BCUT2D eigenvalue weighted by Crippen LogP contribution is 2.21. The lowest BCUT2D eigenvalue weighted by molar-refractivity contribution is -0.128. The second-order valence-corrected chi connectivity index (χ2v) is 9.10. The van der Waals surface area contributed by atoms with Gasteiger partial charge in [-0.15, -0.1) is 0 Å². The first kappa shape index (κ1) is 23.2. The molecule has 3 heterocycles. The molecule has 2 aliphatic heterocycles. The van der Waals surface area contributed by atoms with Crippen LogP contribution in [-0.4, -0.2) is 70.9 Å². The summed E-state index contributed by atoms with van der Waals surface area (Å²) in [6, 6.07) is 9.63. The summed E-state index contributed by atoms with van der Waals surface area (Å²) in [6.07, 6.45) is 3.53. The van der Waals surface area contributed by atoms with Gasteiger partial charge in [-0.3, -0.25) is 9.59 Å². The molecule has 2 aliphatic rings. The molecule has 2 saturated heterocycles. The predicted molar refractivity (Wildman–Crippen MR) is 129 cm³/mol. The fourth-order valence-electron chi connectivity index (χ4n) is 4.58. The normalized spacial score (nSPS) is 18.7. The van der Waals surface area contributed by atoms with E-state index >= 15 is 0 Å². The number of nitrogens with zero attached hydrogens (tertiary/aromatic N) is 4. The Balaban J connectivity index is 1.21. The summed E-state index contributed by atoms with van der Waals surface area (Å²) < 4.78 is 0. The highest BCUT2D eigenvalue weighted by molar-refractivity contribution is 5.97. The number of likely N-dealkylation sites (tertiary alicyclic amines) is 2.